The molecule has 1 aliphatic rings. The van der Waals surface area contributed by atoms with Crippen molar-refractivity contribution in [1.29, 1.82) is 0 Å². The first-order valence-electron chi connectivity index (χ1n) is 8.52. The normalized spacial score (nSPS) is 16.0. The molecule has 1 amide bonds. The number of rotatable bonds is 5. The van der Waals surface area contributed by atoms with Crippen molar-refractivity contribution in [2.75, 3.05) is 5.32 Å². The molecule has 6 heteroatoms. The number of nitrogens with one attached hydrogen (secondary N) is 3. The van der Waals surface area contributed by atoms with Crippen molar-refractivity contribution in [3.63, 3.8) is 0 Å². The maximum Gasteiger partial charge on any atom is 0.260 e. The van der Waals surface area contributed by atoms with Gasteiger partial charge in [-0.2, -0.15) is 10.2 Å². The summed E-state index contributed by atoms with van der Waals surface area (Å²) in [6.07, 6.45) is 9.22. The van der Waals surface area contributed by atoms with Crippen LogP contribution in [-0.2, 0) is 6.42 Å². The van der Waals surface area contributed by atoms with E-state index < -0.39 is 0 Å². The molecule has 1 aliphatic carbocycles. The quantitative estimate of drug-likeness (QED) is 0.787. The van der Waals surface area contributed by atoms with Gasteiger partial charge in [-0.25, -0.2) is 0 Å². The lowest BCUT2D eigenvalue weighted by Crippen LogP contribution is -2.14. The standard InChI is InChI=1S/C17H25N5O/c1-11(2)16-14(10-18-22-16)17(23)19-15-9-13(20-21-15)8-12-6-4-3-5-7-12/h9-12H,3-8H2,1-2H3,(H,18,22)(H2,19,20,21,23). The molecule has 3 rings (SSSR count). The molecule has 0 atom stereocenters. The number of hydrogen-bond donors (Lipinski definition) is 3. The molecule has 0 aliphatic heterocycles. The van der Waals surface area contributed by atoms with Gasteiger partial charge >= 0.3 is 0 Å². The van der Waals surface area contributed by atoms with Gasteiger partial charge in [-0.1, -0.05) is 46.0 Å². The largest absolute Gasteiger partial charge is 0.305 e. The van der Waals surface area contributed by atoms with E-state index in [1.165, 1.54) is 32.1 Å². The topological polar surface area (TPSA) is 86.5 Å². The van der Waals surface area contributed by atoms with Gasteiger partial charge in [0.1, 0.15) is 0 Å². The Hall–Kier alpha value is -2.11. The van der Waals surface area contributed by atoms with Crippen LogP contribution in [0.1, 0.15) is 73.6 Å². The van der Waals surface area contributed by atoms with Gasteiger partial charge in [-0.05, 0) is 18.3 Å². The van der Waals surface area contributed by atoms with Crippen LogP contribution >= 0.6 is 0 Å². The van der Waals surface area contributed by atoms with Gasteiger partial charge in [-0.3, -0.25) is 15.0 Å². The molecular weight excluding hydrogens is 290 g/mol. The number of H-pyrrole nitrogens is 2. The maximum atomic E-state index is 12.4. The van der Waals surface area contributed by atoms with Crippen molar-refractivity contribution >= 4 is 11.7 Å². The van der Waals surface area contributed by atoms with Gasteiger partial charge in [0, 0.05) is 11.8 Å². The van der Waals surface area contributed by atoms with E-state index in [1.54, 1.807) is 6.20 Å². The fourth-order valence-electron chi connectivity index (χ4n) is 3.33. The van der Waals surface area contributed by atoms with Crippen molar-refractivity contribution in [3.8, 4) is 0 Å². The molecule has 2 aromatic heterocycles. The monoisotopic (exact) mass is 315 g/mol. The Balaban J connectivity index is 1.62. The second-order valence-electron chi connectivity index (χ2n) is 6.79. The summed E-state index contributed by atoms with van der Waals surface area (Å²) in [5.74, 6) is 1.38. The second kappa shape index (κ2) is 6.98. The Labute approximate surface area is 136 Å². The molecule has 0 bridgehead atoms. The van der Waals surface area contributed by atoms with Crippen LogP contribution in [0.25, 0.3) is 0 Å². The van der Waals surface area contributed by atoms with Crippen molar-refractivity contribution < 1.29 is 4.79 Å². The van der Waals surface area contributed by atoms with Gasteiger partial charge in [0.05, 0.1) is 17.5 Å². The van der Waals surface area contributed by atoms with E-state index in [2.05, 4.69) is 25.7 Å². The van der Waals surface area contributed by atoms with E-state index in [0.717, 1.165) is 23.7 Å². The number of aromatic nitrogens is 4. The molecule has 124 valence electrons. The molecular formula is C17H25N5O. The molecule has 6 nitrogen and oxygen atoms in total. The van der Waals surface area contributed by atoms with E-state index in [4.69, 9.17) is 0 Å². The van der Waals surface area contributed by atoms with Crippen LogP contribution in [0.3, 0.4) is 0 Å². The summed E-state index contributed by atoms with van der Waals surface area (Å²) in [6.45, 7) is 4.06. The average molecular weight is 315 g/mol. The second-order valence-corrected chi connectivity index (χ2v) is 6.79. The Bertz CT molecular complexity index is 651. The van der Waals surface area contributed by atoms with Crippen LogP contribution in [0.2, 0.25) is 0 Å². The number of hydrogen-bond acceptors (Lipinski definition) is 3. The Morgan fingerprint density at radius 3 is 2.83 bits per heavy atom. The van der Waals surface area contributed by atoms with Crippen LogP contribution in [0.5, 0.6) is 0 Å². The van der Waals surface area contributed by atoms with Crippen LogP contribution < -0.4 is 5.32 Å². The van der Waals surface area contributed by atoms with Gasteiger partial charge in [0.25, 0.3) is 5.91 Å². The van der Waals surface area contributed by atoms with E-state index in [-0.39, 0.29) is 11.8 Å². The number of nitrogens with zero attached hydrogens (tertiary/aromatic N) is 2. The molecule has 0 unspecified atom stereocenters. The summed E-state index contributed by atoms with van der Waals surface area (Å²) in [7, 11) is 0. The van der Waals surface area contributed by atoms with Crippen LogP contribution in [0.15, 0.2) is 12.3 Å². The van der Waals surface area contributed by atoms with Gasteiger partial charge < -0.3 is 5.32 Å². The smallest absolute Gasteiger partial charge is 0.260 e. The molecule has 1 fully saturated rings. The SMILES string of the molecule is CC(C)c1[nH]ncc1C(=O)Nc1cc(CC2CCCCC2)[nH]n1. The summed E-state index contributed by atoms with van der Waals surface area (Å²) in [5, 5.41) is 17.0. The molecule has 0 radical (unpaired) electrons. The zero-order valence-electron chi connectivity index (χ0n) is 13.9. The zero-order valence-corrected chi connectivity index (χ0v) is 13.9. The first-order chi connectivity index (χ1) is 11.1. The summed E-state index contributed by atoms with van der Waals surface area (Å²) in [5.41, 5.74) is 2.53. The van der Waals surface area contributed by atoms with Crippen molar-refractivity contribution in [3.05, 3.63) is 29.2 Å². The minimum Gasteiger partial charge on any atom is -0.305 e. The number of carbonyl (C=O) groups is 1. The zero-order chi connectivity index (χ0) is 16.2. The fraction of sp³-hybridized carbons (Fsp3) is 0.588. The lowest BCUT2D eigenvalue weighted by atomic mass is 9.86. The van der Waals surface area contributed by atoms with Gasteiger partial charge in [0.2, 0.25) is 0 Å². The highest BCUT2D eigenvalue weighted by Crippen LogP contribution is 2.27. The Kier molecular flexibility index (Phi) is 4.79. The number of aromatic amines is 2. The summed E-state index contributed by atoms with van der Waals surface area (Å²) >= 11 is 0. The van der Waals surface area contributed by atoms with Crippen LogP contribution in [-0.4, -0.2) is 26.3 Å². The Morgan fingerprint density at radius 1 is 1.30 bits per heavy atom. The van der Waals surface area contributed by atoms with E-state index in [1.807, 2.05) is 19.9 Å². The molecule has 2 aromatic rings. The predicted molar refractivity (Wildman–Crippen MR) is 89.5 cm³/mol. The molecule has 2 heterocycles. The first kappa shape index (κ1) is 15.8. The van der Waals surface area contributed by atoms with E-state index in [9.17, 15) is 4.79 Å². The summed E-state index contributed by atoms with van der Waals surface area (Å²) < 4.78 is 0. The minimum atomic E-state index is -0.168. The molecule has 3 N–H and O–H groups in total. The third kappa shape index (κ3) is 3.81. The van der Waals surface area contributed by atoms with E-state index >= 15 is 0 Å². The highest BCUT2D eigenvalue weighted by Gasteiger charge is 2.18. The van der Waals surface area contributed by atoms with E-state index in [0.29, 0.717) is 11.4 Å². The lowest BCUT2D eigenvalue weighted by Gasteiger charge is -2.20. The van der Waals surface area contributed by atoms with Crippen molar-refractivity contribution in [2.45, 2.75) is 58.3 Å². The Morgan fingerprint density at radius 2 is 2.09 bits per heavy atom. The molecule has 23 heavy (non-hydrogen) atoms. The third-order valence-electron chi connectivity index (χ3n) is 4.60. The maximum absolute atomic E-state index is 12.4. The summed E-state index contributed by atoms with van der Waals surface area (Å²) in [6, 6.07) is 1.95. The highest BCUT2D eigenvalue weighted by molar-refractivity contribution is 6.04. The molecule has 0 spiro atoms. The fourth-order valence-corrected chi connectivity index (χ4v) is 3.33. The lowest BCUT2D eigenvalue weighted by molar-refractivity contribution is 0.102. The molecule has 0 aromatic carbocycles. The molecule has 1 saturated carbocycles. The predicted octanol–water partition coefficient (Wildman–Crippen LogP) is 3.63. The van der Waals surface area contributed by atoms with Crippen molar-refractivity contribution in [2.24, 2.45) is 5.92 Å². The third-order valence-corrected chi connectivity index (χ3v) is 4.60. The number of anilines is 1. The molecule has 0 saturated heterocycles. The van der Waals surface area contributed by atoms with Crippen LogP contribution in [0.4, 0.5) is 5.82 Å². The first-order valence-corrected chi connectivity index (χ1v) is 8.52. The summed E-state index contributed by atoms with van der Waals surface area (Å²) in [4.78, 5) is 12.4. The highest BCUT2D eigenvalue weighted by atomic mass is 16.1. The van der Waals surface area contributed by atoms with Crippen LogP contribution in [0, 0.1) is 5.92 Å². The number of amides is 1. The minimum absolute atomic E-state index is 0.168. The van der Waals surface area contributed by atoms with Gasteiger partial charge in [0.15, 0.2) is 5.82 Å². The van der Waals surface area contributed by atoms with Crippen molar-refractivity contribution in [1.82, 2.24) is 20.4 Å². The average Bonchev–Trinajstić information content (AvgIpc) is 3.17. The number of carbonyl (C=O) groups excluding carboxylic acids is 1. The van der Waals surface area contributed by atoms with Gasteiger partial charge in [-0.15, -0.1) is 0 Å².